The number of carboxylic acids is 1. The molecule has 4 aromatic rings. The molecule has 0 aliphatic rings. The van der Waals surface area contributed by atoms with Crippen molar-refractivity contribution in [2.45, 2.75) is 12.8 Å². The van der Waals surface area contributed by atoms with Crippen LogP contribution in [0.3, 0.4) is 0 Å². The molecule has 9 nitrogen and oxygen atoms in total. The summed E-state index contributed by atoms with van der Waals surface area (Å²) >= 11 is 7.08. The van der Waals surface area contributed by atoms with Gasteiger partial charge in [-0.2, -0.15) is 4.57 Å². The molecule has 0 fully saturated rings. The minimum absolute atomic E-state index is 0.0452. The number of nitrogens with zero attached hydrogens (tertiary/aromatic N) is 2. The van der Waals surface area contributed by atoms with Gasteiger partial charge in [-0.25, -0.2) is 14.6 Å². The zero-order valence-electron chi connectivity index (χ0n) is 17.1. The topological polar surface area (TPSA) is 131 Å². The molecular formula is C22H16ClN3O6S. The Bertz CT molecular complexity index is 1490. The van der Waals surface area contributed by atoms with Gasteiger partial charge in [0.25, 0.3) is 5.56 Å². The van der Waals surface area contributed by atoms with Crippen LogP contribution in [0.4, 0.5) is 4.79 Å². The lowest BCUT2D eigenvalue weighted by Crippen LogP contribution is -2.40. The smallest absolute Gasteiger partial charge is 0.425 e. The van der Waals surface area contributed by atoms with Gasteiger partial charge in [0.1, 0.15) is 10.9 Å². The summed E-state index contributed by atoms with van der Waals surface area (Å²) in [5.41, 5.74) is -0.955. The Morgan fingerprint density at radius 2 is 1.94 bits per heavy atom. The van der Waals surface area contributed by atoms with E-state index in [1.165, 1.54) is 31.3 Å². The van der Waals surface area contributed by atoms with Crippen molar-refractivity contribution in [3.63, 3.8) is 0 Å². The number of aliphatic carboxylic acids is 1. The van der Waals surface area contributed by atoms with Crippen LogP contribution in [0.25, 0.3) is 21.5 Å². The van der Waals surface area contributed by atoms with E-state index >= 15 is 0 Å². The van der Waals surface area contributed by atoms with E-state index in [0.717, 1.165) is 16.9 Å². The lowest BCUT2D eigenvalue weighted by atomic mass is 9.94. The largest absolute Gasteiger partial charge is 0.481 e. The van der Waals surface area contributed by atoms with Gasteiger partial charge in [0.2, 0.25) is 0 Å². The standard InChI is InChI=1S/C22H16ClN3O6S/c1-2-32-22(31)26-19(27)16-13(4-3-5-14(16)25-21(26)30)17(20(28)29)15-10-24-18(33-15)11-6-8-12(23)9-7-11/h3-10,17H,2H2,1H3,(H,25,30)(H,28,29). The minimum Gasteiger partial charge on any atom is -0.481 e. The second-order valence-electron chi connectivity index (χ2n) is 6.89. The molecule has 0 aliphatic heterocycles. The number of aromatic amines is 1. The number of fused-ring (bicyclic) bond motifs is 1. The maximum atomic E-state index is 13.1. The van der Waals surface area contributed by atoms with E-state index < -0.39 is 29.2 Å². The van der Waals surface area contributed by atoms with Gasteiger partial charge in [-0.3, -0.25) is 9.59 Å². The number of aromatic nitrogens is 3. The summed E-state index contributed by atoms with van der Waals surface area (Å²) < 4.78 is 5.12. The van der Waals surface area contributed by atoms with Gasteiger partial charge in [-0.15, -0.1) is 11.3 Å². The molecule has 0 saturated heterocycles. The number of carboxylic acid groups (broad SMARTS) is 1. The first-order valence-corrected chi connectivity index (χ1v) is 10.9. The molecule has 168 valence electrons. The summed E-state index contributed by atoms with van der Waals surface area (Å²) in [6, 6.07) is 11.4. The number of carbonyl (C=O) groups is 2. The van der Waals surface area contributed by atoms with E-state index in [4.69, 9.17) is 16.3 Å². The Morgan fingerprint density at radius 1 is 1.21 bits per heavy atom. The molecule has 2 aromatic carbocycles. The third-order valence-corrected chi connectivity index (χ3v) is 6.23. The number of hydrogen-bond acceptors (Lipinski definition) is 7. The number of thiazole rings is 1. The average Bonchev–Trinajstić information content (AvgIpc) is 3.23. The van der Waals surface area contributed by atoms with Crippen molar-refractivity contribution in [1.29, 1.82) is 0 Å². The summed E-state index contributed by atoms with van der Waals surface area (Å²) in [5, 5.41) is 11.1. The highest BCUT2D eigenvalue weighted by molar-refractivity contribution is 7.15. The van der Waals surface area contributed by atoms with Crippen molar-refractivity contribution in [3.8, 4) is 10.6 Å². The number of nitrogens with one attached hydrogen (secondary N) is 1. The fourth-order valence-electron chi connectivity index (χ4n) is 3.44. The van der Waals surface area contributed by atoms with Gasteiger partial charge in [-0.1, -0.05) is 35.9 Å². The minimum atomic E-state index is -1.26. The maximum Gasteiger partial charge on any atom is 0.425 e. The zero-order chi connectivity index (χ0) is 23.7. The highest BCUT2D eigenvalue weighted by Crippen LogP contribution is 2.35. The van der Waals surface area contributed by atoms with E-state index in [1.54, 1.807) is 24.3 Å². The third kappa shape index (κ3) is 4.18. The van der Waals surface area contributed by atoms with Gasteiger partial charge >= 0.3 is 17.8 Å². The SMILES string of the molecule is CCOC(=O)n1c(=O)[nH]c2cccc(C(C(=O)O)c3cnc(-c4ccc(Cl)cc4)s3)c2c1=O. The van der Waals surface area contributed by atoms with Gasteiger partial charge in [0.15, 0.2) is 0 Å². The Balaban J connectivity index is 1.90. The number of halogens is 1. The fraction of sp³-hybridized carbons (Fsp3) is 0.136. The van der Waals surface area contributed by atoms with Crippen molar-refractivity contribution < 1.29 is 19.4 Å². The van der Waals surface area contributed by atoms with E-state index in [0.29, 0.717) is 19.5 Å². The number of ether oxygens (including phenoxy) is 1. The third-order valence-electron chi connectivity index (χ3n) is 4.87. The Morgan fingerprint density at radius 3 is 2.61 bits per heavy atom. The highest BCUT2D eigenvalue weighted by atomic mass is 35.5. The van der Waals surface area contributed by atoms with Crippen LogP contribution in [0.15, 0.2) is 58.3 Å². The van der Waals surface area contributed by atoms with Gasteiger partial charge in [-0.05, 0) is 30.7 Å². The monoisotopic (exact) mass is 485 g/mol. The molecule has 0 radical (unpaired) electrons. The van der Waals surface area contributed by atoms with Gasteiger partial charge in [0.05, 0.1) is 17.5 Å². The molecule has 33 heavy (non-hydrogen) atoms. The summed E-state index contributed by atoms with van der Waals surface area (Å²) in [5.74, 6) is -2.48. The number of carbonyl (C=O) groups excluding carboxylic acids is 1. The van der Waals surface area contributed by atoms with Crippen molar-refractivity contribution >= 4 is 45.9 Å². The van der Waals surface area contributed by atoms with Crippen LogP contribution in [0, 0.1) is 0 Å². The van der Waals surface area contributed by atoms with Crippen LogP contribution in [0.1, 0.15) is 23.3 Å². The normalized spacial score (nSPS) is 11.9. The van der Waals surface area contributed by atoms with Crippen LogP contribution in [-0.2, 0) is 9.53 Å². The summed E-state index contributed by atoms with van der Waals surface area (Å²) in [4.78, 5) is 57.1. The van der Waals surface area contributed by atoms with E-state index in [9.17, 15) is 24.3 Å². The Labute approximate surface area is 194 Å². The Kier molecular flexibility index (Phi) is 6.12. The number of hydrogen-bond donors (Lipinski definition) is 2. The predicted molar refractivity (Wildman–Crippen MR) is 123 cm³/mol. The summed E-state index contributed by atoms with van der Waals surface area (Å²) in [7, 11) is 0. The molecule has 11 heteroatoms. The van der Waals surface area contributed by atoms with Crippen LogP contribution >= 0.6 is 22.9 Å². The van der Waals surface area contributed by atoms with Crippen LogP contribution in [0.2, 0.25) is 5.02 Å². The van der Waals surface area contributed by atoms with Crippen LogP contribution in [0.5, 0.6) is 0 Å². The highest BCUT2D eigenvalue weighted by Gasteiger charge is 2.29. The van der Waals surface area contributed by atoms with Crippen molar-refractivity contribution in [2.24, 2.45) is 0 Å². The van der Waals surface area contributed by atoms with E-state index in [1.807, 2.05) is 0 Å². The molecule has 0 bridgehead atoms. The first-order valence-electron chi connectivity index (χ1n) is 9.71. The predicted octanol–water partition coefficient (Wildman–Crippen LogP) is 3.69. The molecule has 1 unspecified atom stereocenters. The van der Waals surface area contributed by atoms with Crippen LogP contribution in [-0.4, -0.2) is 38.3 Å². The Hall–Kier alpha value is -3.76. The maximum absolute atomic E-state index is 13.1. The fourth-order valence-corrected chi connectivity index (χ4v) is 4.60. The molecule has 2 N–H and O–H groups in total. The number of benzene rings is 2. The average molecular weight is 486 g/mol. The molecular weight excluding hydrogens is 470 g/mol. The van der Waals surface area contributed by atoms with Gasteiger partial charge < -0.3 is 14.8 Å². The summed E-state index contributed by atoms with van der Waals surface area (Å²) in [6.45, 7) is 1.49. The first-order chi connectivity index (χ1) is 15.8. The lowest BCUT2D eigenvalue weighted by Gasteiger charge is -2.14. The molecule has 0 amide bonds. The number of rotatable bonds is 5. The molecule has 4 rings (SSSR count). The first kappa shape index (κ1) is 22.4. The van der Waals surface area contributed by atoms with Crippen LogP contribution < -0.4 is 11.2 Å². The molecule has 2 heterocycles. The van der Waals surface area contributed by atoms with Crippen molar-refractivity contribution in [3.05, 3.63) is 85.0 Å². The molecule has 2 aromatic heterocycles. The van der Waals surface area contributed by atoms with Gasteiger partial charge in [0, 0.05) is 21.7 Å². The second-order valence-corrected chi connectivity index (χ2v) is 8.38. The van der Waals surface area contributed by atoms with E-state index in [2.05, 4.69) is 9.97 Å². The zero-order valence-corrected chi connectivity index (χ0v) is 18.6. The summed E-state index contributed by atoms with van der Waals surface area (Å²) in [6.07, 6.45) is 0.289. The lowest BCUT2D eigenvalue weighted by molar-refractivity contribution is -0.137. The van der Waals surface area contributed by atoms with Crippen molar-refractivity contribution in [2.75, 3.05) is 6.61 Å². The molecule has 0 saturated carbocycles. The molecule has 1 atom stereocenters. The second kappa shape index (κ2) is 9.00. The molecule has 0 spiro atoms. The van der Waals surface area contributed by atoms with Crippen molar-refractivity contribution in [1.82, 2.24) is 14.5 Å². The molecule has 0 aliphatic carbocycles. The quantitative estimate of drug-likeness (QED) is 0.440. The number of H-pyrrole nitrogens is 1. The van der Waals surface area contributed by atoms with E-state index in [-0.39, 0.29) is 23.1 Å².